The molecule has 0 aliphatic rings. The number of carbonyl (C=O) groups is 3. The summed E-state index contributed by atoms with van der Waals surface area (Å²) in [4.78, 5) is 32.8. The first kappa shape index (κ1) is 15.0. The van der Waals surface area contributed by atoms with Gasteiger partial charge in [0, 0.05) is 17.1 Å². The molecule has 1 N–H and O–H groups in total. The molecular formula is C12H11NO5S-2. The third-order valence-corrected chi connectivity index (χ3v) is 3.14. The predicted octanol–water partition coefficient (Wildman–Crippen LogP) is -1.98. The van der Waals surface area contributed by atoms with Crippen molar-refractivity contribution >= 4 is 29.6 Å². The zero-order valence-electron chi connectivity index (χ0n) is 9.83. The summed E-state index contributed by atoms with van der Waals surface area (Å²) < 4.78 is 0. The van der Waals surface area contributed by atoms with E-state index >= 15 is 0 Å². The minimum Gasteiger partial charge on any atom is -0.549 e. The number of nitrogens with one attached hydrogen (secondary N) is 1. The fraction of sp³-hybridized carbons (Fsp3) is 0.250. The highest BCUT2D eigenvalue weighted by atomic mass is 32.2. The molecule has 0 aromatic heterocycles. The lowest BCUT2D eigenvalue weighted by Crippen LogP contribution is -2.49. The zero-order valence-corrected chi connectivity index (χ0v) is 10.6. The molecule has 7 heteroatoms. The Labute approximate surface area is 113 Å². The second-order valence-corrected chi connectivity index (χ2v) is 4.63. The number of thioether (sulfide) groups is 1. The van der Waals surface area contributed by atoms with Crippen LogP contribution in [0.1, 0.15) is 10.4 Å². The number of rotatable bonds is 7. The van der Waals surface area contributed by atoms with Crippen molar-refractivity contribution in [2.45, 2.75) is 6.04 Å². The summed E-state index contributed by atoms with van der Waals surface area (Å²) in [5.41, 5.74) is 0.318. The maximum Gasteiger partial charge on any atom is 0.251 e. The number of hydrogen-bond acceptors (Lipinski definition) is 6. The van der Waals surface area contributed by atoms with E-state index in [0.717, 1.165) is 11.8 Å². The first-order valence-corrected chi connectivity index (χ1v) is 6.50. The maximum absolute atomic E-state index is 11.7. The summed E-state index contributed by atoms with van der Waals surface area (Å²) in [6.07, 6.45) is 0. The molecule has 0 saturated carbocycles. The minimum absolute atomic E-state index is 0.102. The summed E-state index contributed by atoms with van der Waals surface area (Å²) in [6, 6.07) is 6.84. The first-order valence-electron chi connectivity index (χ1n) is 5.35. The van der Waals surface area contributed by atoms with Gasteiger partial charge in [-0.3, -0.25) is 4.79 Å². The molecule has 0 heterocycles. The number of carbonyl (C=O) groups excluding carboxylic acids is 3. The minimum atomic E-state index is -1.46. The van der Waals surface area contributed by atoms with Gasteiger partial charge in [0.1, 0.15) is 0 Å². The first-order chi connectivity index (χ1) is 9.00. The van der Waals surface area contributed by atoms with Gasteiger partial charge in [-0.25, -0.2) is 0 Å². The van der Waals surface area contributed by atoms with Gasteiger partial charge in [0.25, 0.3) is 5.91 Å². The van der Waals surface area contributed by atoms with Gasteiger partial charge in [0.15, 0.2) is 0 Å². The van der Waals surface area contributed by atoms with Crippen molar-refractivity contribution < 1.29 is 24.6 Å². The van der Waals surface area contributed by atoms with Crippen LogP contribution in [0.25, 0.3) is 0 Å². The molecule has 0 saturated heterocycles. The van der Waals surface area contributed by atoms with Crippen molar-refractivity contribution in [2.75, 3.05) is 11.5 Å². The molecule has 0 radical (unpaired) electrons. The van der Waals surface area contributed by atoms with E-state index in [-0.39, 0.29) is 11.5 Å². The Morgan fingerprint density at radius 3 is 2.32 bits per heavy atom. The largest absolute Gasteiger partial charge is 0.549 e. The Morgan fingerprint density at radius 2 is 1.79 bits per heavy atom. The van der Waals surface area contributed by atoms with Crippen molar-refractivity contribution in [3.05, 3.63) is 35.9 Å². The average molecular weight is 281 g/mol. The number of carboxylic acids is 2. The molecule has 102 valence electrons. The zero-order chi connectivity index (χ0) is 14.3. The molecule has 0 aliphatic carbocycles. The van der Waals surface area contributed by atoms with Crippen molar-refractivity contribution in [1.29, 1.82) is 0 Å². The molecule has 1 amide bonds. The number of amides is 1. The normalized spacial score (nSPS) is 11.6. The van der Waals surface area contributed by atoms with Gasteiger partial charge < -0.3 is 25.1 Å². The fourth-order valence-electron chi connectivity index (χ4n) is 1.26. The molecule has 1 aromatic carbocycles. The number of carboxylic acid groups (broad SMARTS) is 2. The number of benzene rings is 1. The fourth-order valence-corrected chi connectivity index (χ4v) is 2.00. The maximum atomic E-state index is 11.7. The van der Waals surface area contributed by atoms with Gasteiger partial charge in [-0.1, -0.05) is 18.2 Å². The van der Waals surface area contributed by atoms with Gasteiger partial charge in [0.05, 0.1) is 18.0 Å². The third-order valence-electron chi connectivity index (χ3n) is 2.13. The topological polar surface area (TPSA) is 109 Å². The van der Waals surface area contributed by atoms with Crippen LogP contribution in [0.15, 0.2) is 30.3 Å². The van der Waals surface area contributed by atoms with E-state index in [1.54, 1.807) is 18.2 Å². The number of hydrogen-bond donors (Lipinski definition) is 1. The molecule has 1 aromatic rings. The Hall–Kier alpha value is -2.02. The van der Waals surface area contributed by atoms with E-state index in [9.17, 15) is 24.6 Å². The summed E-state index contributed by atoms with van der Waals surface area (Å²) in [7, 11) is 0. The monoisotopic (exact) mass is 281 g/mol. The average Bonchev–Trinajstić information content (AvgIpc) is 2.37. The highest BCUT2D eigenvalue weighted by molar-refractivity contribution is 8.00. The van der Waals surface area contributed by atoms with Gasteiger partial charge in [-0.15, -0.1) is 0 Å². The van der Waals surface area contributed by atoms with E-state index in [1.807, 2.05) is 0 Å². The molecular weight excluding hydrogens is 270 g/mol. The van der Waals surface area contributed by atoms with Crippen molar-refractivity contribution in [1.82, 2.24) is 5.32 Å². The second kappa shape index (κ2) is 7.42. The lowest BCUT2D eigenvalue weighted by molar-refractivity contribution is -0.307. The quantitative estimate of drug-likeness (QED) is 0.620. The lowest BCUT2D eigenvalue weighted by Gasteiger charge is -2.19. The Morgan fingerprint density at radius 1 is 1.16 bits per heavy atom. The van der Waals surface area contributed by atoms with Crippen molar-refractivity contribution in [2.24, 2.45) is 0 Å². The van der Waals surface area contributed by atoms with Crippen LogP contribution >= 0.6 is 11.8 Å². The number of aliphatic carboxylic acids is 2. The summed E-state index contributed by atoms with van der Waals surface area (Å²) in [6.45, 7) is 0. The molecule has 6 nitrogen and oxygen atoms in total. The summed E-state index contributed by atoms with van der Waals surface area (Å²) >= 11 is 0.837. The van der Waals surface area contributed by atoms with E-state index in [4.69, 9.17) is 0 Å². The van der Waals surface area contributed by atoms with Gasteiger partial charge >= 0.3 is 0 Å². The smallest absolute Gasteiger partial charge is 0.251 e. The van der Waals surface area contributed by atoms with Crippen LogP contribution in [0.3, 0.4) is 0 Å². The molecule has 0 spiro atoms. The van der Waals surface area contributed by atoms with Gasteiger partial charge in [-0.05, 0) is 12.1 Å². The Bertz CT molecular complexity index is 462. The summed E-state index contributed by atoms with van der Waals surface area (Å²) in [5.74, 6) is -3.75. The van der Waals surface area contributed by atoms with Crippen LogP contribution in [-0.2, 0) is 9.59 Å². The van der Waals surface area contributed by atoms with E-state index in [0.29, 0.717) is 5.56 Å². The molecule has 0 bridgehead atoms. The van der Waals surface area contributed by atoms with Crippen molar-refractivity contribution in [3.8, 4) is 0 Å². The third kappa shape index (κ3) is 5.43. The molecule has 0 fully saturated rings. The van der Waals surface area contributed by atoms with E-state index < -0.39 is 23.9 Å². The van der Waals surface area contributed by atoms with Crippen LogP contribution in [0.4, 0.5) is 0 Å². The van der Waals surface area contributed by atoms with Crippen LogP contribution < -0.4 is 15.5 Å². The van der Waals surface area contributed by atoms with Crippen molar-refractivity contribution in [3.63, 3.8) is 0 Å². The highest BCUT2D eigenvalue weighted by Gasteiger charge is 2.14. The molecule has 0 unspecified atom stereocenters. The summed E-state index contributed by atoms with van der Waals surface area (Å²) in [5, 5.41) is 23.3. The molecule has 0 aliphatic heterocycles. The molecule has 1 atom stereocenters. The van der Waals surface area contributed by atoms with E-state index in [2.05, 4.69) is 5.32 Å². The SMILES string of the molecule is O=C([O-])CSC[C@@H](NC(=O)c1ccccc1)C(=O)[O-]. The highest BCUT2D eigenvalue weighted by Crippen LogP contribution is 2.04. The standard InChI is InChI=1S/C12H13NO5S/c14-10(15)7-19-6-9(12(17)18)13-11(16)8-4-2-1-3-5-8/h1-5,9H,6-7H2,(H,13,16)(H,14,15)(H,17,18)/p-2/t9-/m1/s1. The van der Waals surface area contributed by atoms with Crippen LogP contribution in [0.2, 0.25) is 0 Å². The van der Waals surface area contributed by atoms with Gasteiger partial charge in [-0.2, -0.15) is 11.8 Å². The lowest BCUT2D eigenvalue weighted by atomic mass is 10.2. The second-order valence-electron chi connectivity index (χ2n) is 3.60. The van der Waals surface area contributed by atoms with E-state index in [1.165, 1.54) is 12.1 Å². The molecule has 19 heavy (non-hydrogen) atoms. The predicted molar refractivity (Wildman–Crippen MR) is 65.0 cm³/mol. The van der Waals surface area contributed by atoms with Crippen LogP contribution in [0.5, 0.6) is 0 Å². The Balaban J connectivity index is 2.56. The van der Waals surface area contributed by atoms with Crippen LogP contribution in [-0.4, -0.2) is 35.4 Å². The Kier molecular flexibility index (Phi) is 5.87. The van der Waals surface area contributed by atoms with Gasteiger partial charge in [0.2, 0.25) is 0 Å². The molecule has 1 rings (SSSR count). The van der Waals surface area contributed by atoms with Crippen LogP contribution in [0, 0.1) is 0 Å².